The molecule has 52 valence electrons. The molecule has 1 saturated heterocycles. The molecule has 0 aromatic carbocycles. The van der Waals surface area contributed by atoms with Gasteiger partial charge < -0.3 is 9.47 Å². The van der Waals surface area contributed by atoms with Crippen molar-refractivity contribution in [2.45, 2.75) is 10.2 Å². The van der Waals surface area contributed by atoms with E-state index in [9.17, 15) is 0 Å². The summed E-state index contributed by atoms with van der Waals surface area (Å²) in [6.45, 7) is 0.913. The van der Waals surface area contributed by atoms with Crippen LogP contribution >= 0.6 is 22.6 Å². The monoisotopic (exact) mass is 240 g/mol. The Hall–Kier alpha value is 0.650. The van der Waals surface area contributed by atoms with Crippen LogP contribution in [-0.4, -0.2) is 23.9 Å². The Kier molecular flexibility index (Phi) is 1.46. The summed E-state index contributed by atoms with van der Waals surface area (Å²) in [5.41, 5.74) is 0. The third-order valence-corrected chi connectivity index (χ3v) is 3.88. The predicted molar refractivity (Wildman–Crippen MR) is 41.5 cm³/mol. The van der Waals surface area contributed by atoms with E-state index in [2.05, 4.69) is 22.6 Å². The summed E-state index contributed by atoms with van der Waals surface area (Å²) in [6, 6.07) is 0. The van der Waals surface area contributed by atoms with Crippen LogP contribution < -0.4 is 0 Å². The molecule has 9 heavy (non-hydrogen) atoms. The number of halogens is 1. The van der Waals surface area contributed by atoms with Crippen LogP contribution in [0.2, 0.25) is 0 Å². The molecule has 4 atom stereocenters. The molecule has 3 heteroatoms. The van der Waals surface area contributed by atoms with Crippen LogP contribution in [0.4, 0.5) is 0 Å². The molecule has 0 radical (unpaired) electrons. The second kappa shape index (κ2) is 2.07. The third kappa shape index (κ3) is 0.816. The van der Waals surface area contributed by atoms with Crippen LogP contribution in [0.3, 0.4) is 0 Å². The lowest BCUT2D eigenvalue weighted by Crippen LogP contribution is -2.15. The number of alkyl halides is 1. The normalized spacial score (nSPS) is 55.3. The van der Waals surface area contributed by atoms with Crippen LogP contribution in [0.25, 0.3) is 0 Å². The van der Waals surface area contributed by atoms with Gasteiger partial charge in [-0.25, -0.2) is 0 Å². The molecule has 0 aromatic rings. The van der Waals surface area contributed by atoms with Crippen molar-refractivity contribution in [1.29, 1.82) is 0 Å². The first-order chi connectivity index (χ1) is 4.34. The summed E-state index contributed by atoms with van der Waals surface area (Å²) in [5, 5.41) is 0. The first-order valence-corrected chi connectivity index (χ1v) is 4.37. The van der Waals surface area contributed by atoms with E-state index >= 15 is 0 Å². The van der Waals surface area contributed by atoms with E-state index in [0.717, 1.165) is 16.4 Å². The average Bonchev–Trinajstić information content (AvgIpc) is 2.41. The van der Waals surface area contributed by atoms with Gasteiger partial charge in [-0.15, -0.1) is 0 Å². The molecule has 1 saturated carbocycles. The van der Waals surface area contributed by atoms with Gasteiger partial charge >= 0.3 is 0 Å². The summed E-state index contributed by atoms with van der Waals surface area (Å²) in [4.78, 5) is 0. The van der Waals surface area contributed by atoms with E-state index < -0.39 is 0 Å². The average molecular weight is 240 g/mol. The lowest BCUT2D eigenvalue weighted by molar-refractivity contribution is -0.107. The maximum absolute atomic E-state index is 5.31. The van der Waals surface area contributed by atoms with Gasteiger partial charge in [-0.05, 0) is 0 Å². The number of methoxy groups -OCH3 is 1. The van der Waals surface area contributed by atoms with Crippen LogP contribution in [0.1, 0.15) is 0 Å². The van der Waals surface area contributed by atoms with Crippen molar-refractivity contribution in [3.63, 3.8) is 0 Å². The first-order valence-electron chi connectivity index (χ1n) is 3.13. The van der Waals surface area contributed by atoms with Crippen LogP contribution in [-0.2, 0) is 9.47 Å². The third-order valence-electron chi connectivity index (χ3n) is 2.13. The van der Waals surface area contributed by atoms with Crippen LogP contribution in [0, 0.1) is 11.8 Å². The first kappa shape index (κ1) is 6.37. The standard InChI is InChI=1S/C6H9IO2/c1-8-6-4-3(2-9-6)5(4)7/h3-6H,2H2,1H3/t3-,4-,5-,6-/m0/s1. The molecule has 0 amide bonds. The zero-order valence-electron chi connectivity index (χ0n) is 5.21. The number of hydrogen-bond donors (Lipinski definition) is 0. The van der Waals surface area contributed by atoms with Crippen LogP contribution in [0.15, 0.2) is 0 Å². The fourth-order valence-corrected chi connectivity index (χ4v) is 2.77. The molecule has 0 N–H and O–H groups in total. The van der Waals surface area contributed by atoms with E-state index in [1.54, 1.807) is 7.11 Å². The molecule has 1 heterocycles. The summed E-state index contributed by atoms with van der Waals surface area (Å²) in [6.07, 6.45) is 0.108. The van der Waals surface area contributed by atoms with Crippen molar-refractivity contribution >= 4 is 22.6 Å². The SMILES string of the molecule is CO[C@H]1OC[C@@H]2[C@H](I)[C@@H]12. The Bertz CT molecular complexity index is 128. The topological polar surface area (TPSA) is 18.5 Å². The molecule has 1 aliphatic heterocycles. The lowest BCUT2D eigenvalue weighted by atomic mass is 10.4. The van der Waals surface area contributed by atoms with Gasteiger partial charge in [-0.3, -0.25) is 0 Å². The van der Waals surface area contributed by atoms with Crippen molar-refractivity contribution in [3.8, 4) is 0 Å². The number of rotatable bonds is 1. The van der Waals surface area contributed by atoms with E-state index in [1.165, 1.54) is 0 Å². The molecular weight excluding hydrogens is 231 g/mol. The van der Waals surface area contributed by atoms with Crippen molar-refractivity contribution in [2.24, 2.45) is 11.8 Å². The molecule has 0 unspecified atom stereocenters. The smallest absolute Gasteiger partial charge is 0.161 e. The van der Waals surface area contributed by atoms with Gasteiger partial charge in [0, 0.05) is 22.9 Å². The van der Waals surface area contributed by atoms with Gasteiger partial charge in [0.1, 0.15) is 0 Å². The Morgan fingerprint density at radius 2 is 2.44 bits per heavy atom. The highest BCUT2D eigenvalue weighted by molar-refractivity contribution is 14.1. The highest BCUT2D eigenvalue weighted by Crippen LogP contribution is 2.53. The fourth-order valence-electron chi connectivity index (χ4n) is 1.45. The summed E-state index contributed by atoms with van der Waals surface area (Å²) < 4.78 is 11.2. The molecular formula is C6H9IO2. The molecule has 1 aliphatic carbocycles. The minimum atomic E-state index is 0.108. The fraction of sp³-hybridized carbons (Fsp3) is 1.00. The molecule has 2 nitrogen and oxygen atoms in total. The van der Waals surface area contributed by atoms with E-state index in [1.807, 2.05) is 0 Å². The van der Waals surface area contributed by atoms with Gasteiger partial charge in [0.15, 0.2) is 6.29 Å². The molecule has 0 aromatic heterocycles. The van der Waals surface area contributed by atoms with Crippen molar-refractivity contribution in [3.05, 3.63) is 0 Å². The van der Waals surface area contributed by atoms with Crippen molar-refractivity contribution in [2.75, 3.05) is 13.7 Å². The minimum absolute atomic E-state index is 0.108. The second-order valence-electron chi connectivity index (χ2n) is 2.62. The zero-order chi connectivity index (χ0) is 6.43. The Morgan fingerprint density at radius 3 is 2.78 bits per heavy atom. The zero-order valence-corrected chi connectivity index (χ0v) is 7.37. The van der Waals surface area contributed by atoms with E-state index in [4.69, 9.17) is 9.47 Å². The van der Waals surface area contributed by atoms with Gasteiger partial charge in [0.25, 0.3) is 0 Å². The molecule has 2 fully saturated rings. The predicted octanol–water partition coefficient (Wildman–Crippen LogP) is 1.04. The molecule has 2 aliphatic rings. The number of fused-ring (bicyclic) bond motifs is 1. The van der Waals surface area contributed by atoms with Crippen molar-refractivity contribution in [1.82, 2.24) is 0 Å². The van der Waals surface area contributed by atoms with E-state index in [-0.39, 0.29) is 6.29 Å². The van der Waals surface area contributed by atoms with Gasteiger partial charge in [-0.2, -0.15) is 0 Å². The molecule has 0 spiro atoms. The Labute approximate surface area is 68.0 Å². The Balaban J connectivity index is 1.99. The van der Waals surface area contributed by atoms with Gasteiger partial charge in [0.2, 0.25) is 0 Å². The highest BCUT2D eigenvalue weighted by Gasteiger charge is 2.58. The summed E-state index contributed by atoms with van der Waals surface area (Å²) >= 11 is 2.47. The van der Waals surface area contributed by atoms with Gasteiger partial charge in [0.05, 0.1) is 6.61 Å². The van der Waals surface area contributed by atoms with Crippen molar-refractivity contribution < 1.29 is 9.47 Å². The second-order valence-corrected chi connectivity index (χ2v) is 4.06. The maximum Gasteiger partial charge on any atom is 0.161 e. The summed E-state index contributed by atoms with van der Waals surface area (Å²) in [7, 11) is 1.72. The summed E-state index contributed by atoms with van der Waals surface area (Å²) in [5.74, 6) is 1.51. The maximum atomic E-state index is 5.31. The quantitative estimate of drug-likeness (QED) is 0.503. The van der Waals surface area contributed by atoms with E-state index in [0.29, 0.717) is 5.92 Å². The Morgan fingerprint density at radius 1 is 1.67 bits per heavy atom. The molecule has 0 bridgehead atoms. The number of ether oxygens (including phenoxy) is 2. The lowest BCUT2D eigenvalue weighted by Gasteiger charge is -2.09. The molecule has 2 rings (SSSR count). The number of hydrogen-bond acceptors (Lipinski definition) is 2. The van der Waals surface area contributed by atoms with Crippen LogP contribution in [0.5, 0.6) is 0 Å². The largest absolute Gasteiger partial charge is 0.356 e. The minimum Gasteiger partial charge on any atom is -0.356 e. The van der Waals surface area contributed by atoms with Gasteiger partial charge in [-0.1, -0.05) is 22.6 Å². The highest BCUT2D eigenvalue weighted by atomic mass is 127.